The SMILES string of the molecule is COc1ccc(N(c2ccc(C(=O)NS(=O)(=O)c3ccccc3F)cc2)C(O)c2cccnc2)cc1O[C@@H]1CCOC1. The fraction of sp³-hybridized carbons (Fsp3) is 0.200. The summed E-state index contributed by atoms with van der Waals surface area (Å²) in [6, 6.07) is 19.3. The van der Waals surface area contributed by atoms with Crippen LogP contribution in [0.2, 0.25) is 0 Å². The van der Waals surface area contributed by atoms with Crippen LogP contribution >= 0.6 is 0 Å². The van der Waals surface area contributed by atoms with Crippen molar-refractivity contribution in [1.29, 1.82) is 0 Å². The Labute approximate surface area is 242 Å². The number of carbonyl (C=O) groups is 1. The molecule has 1 fully saturated rings. The highest BCUT2D eigenvalue weighted by atomic mass is 32.2. The van der Waals surface area contributed by atoms with Crippen LogP contribution in [-0.2, 0) is 14.8 Å². The number of aliphatic hydroxyl groups excluding tert-OH is 1. The highest BCUT2D eigenvalue weighted by molar-refractivity contribution is 7.90. The van der Waals surface area contributed by atoms with E-state index in [0.29, 0.717) is 41.7 Å². The molecule has 1 aromatic heterocycles. The molecule has 1 aliphatic heterocycles. The highest BCUT2D eigenvalue weighted by Crippen LogP contribution is 2.39. The quantitative estimate of drug-likeness (QED) is 0.258. The van der Waals surface area contributed by atoms with E-state index >= 15 is 0 Å². The van der Waals surface area contributed by atoms with Crippen LogP contribution in [0, 0.1) is 5.82 Å². The van der Waals surface area contributed by atoms with Crippen molar-refractivity contribution >= 4 is 27.3 Å². The predicted octanol–water partition coefficient (Wildman–Crippen LogP) is 4.34. The molecule has 2 N–H and O–H groups in total. The lowest BCUT2D eigenvalue weighted by atomic mass is 10.1. The summed E-state index contributed by atoms with van der Waals surface area (Å²) < 4.78 is 58.2. The number of sulfonamides is 1. The van der Waals surface area contributed by atoms with Crippen LogP contribution in [-0.4, -0.2) is 50.8 Å². The molecule has 0 radical (unpaired) electrons. The molecule has 1 aliphatic rings. The number of benzene rings is 3. The van der Waals surface area contributed by atoms with Crippen LogP contribution in [0.1, 0.15) is 28.6 Å². The minimum Gasteiger partial charge on any atom is -0.493 e. The van der Waals surface area contributed by atoms with Gasteiger partial charge in [-0.3, -0.25) is 9.78 Å². The first-order chi connectivity index (χ1) is 20.3. The number of carbonyl (C=O) groups excluding carboxylic acids is 1. The van der Waals surface area contributed by atoms with Gasteiger partial charge in [0.1, 0.15) is 16.8 Å². The number of aromatic nitrogens is 1. The van der Waals surface area contributed by atoms with Crippen LogP contribution in [0.5, 0.6) is 11.5 Å². The average molecular weight is 594 g/mol. The molecule has 4 aromatic rings. The first-order valence-corrected chi connectivity index (χ1v) is 14.5. The van der Waals surface area contributed by atoms with Crippen LogP contribution < -0.4 is 19.1 Å². The number of aliphatic hydroxyl groups is 1. The van der Waals surface area contributed by atoms with Crippen molar-refractivity contribution in [2.45, 2.75) is 23.6 Å². The zero-order valence-corrected chi connectivity index (χ0v) is 23.3. The highest BCUT2D eigenvalue weighted by Gasteiger charge is 2.26. The second kappa shape index (κ2) is 12.6. The van der Waals surface area contributed by atoms with Crippen molar-refractivity contribution < 1.29 is 36.9 Å². The van der Waals surface area contributed by atoms with E-state index in [-0.39, 0.29) is 11.7 Å². The van der Waals surface area contributed by atoms with Gasteiger partial charge in [-0.15, -0.1) is 0 Å². The Morgan fingerprint density at radius 3 is 2.50 bits per heavy atom. The number of nitrogens with zero attached hydrogens (tertiary/aromatic N) is 2. The predicted molar refractivity (Wildman–Crippen MR) is 152 cm³/mol. The Morgan fingerprint density at radius 2 is 1.83 bits per heavy atom. The number of nitrogens with one attached hydrogen (secondary N) is 1. The van der Waals surface area contributed by atoms with E-state index in [4.69, 9.17) is 14.2 Å². The zero-order chi connectivity index (χ0) is 29.7. The van der Waals surface area contributed by atoms with E-state index in [9.17, 15) is 22.7 Å². The normalized spacial score (nSPS) is 15.5. The maximum Gasteiger partial charge on any atom is 0.267 e. The van der Waals surface area contributed by atoms with Gasteiger partial charge in [0.25, 0.3) is 15.9 Å². The molecule has 1 saturated heterocycles. The topological polar surface area (TPSA) is 127 Å². The van der Waals surface area contributed by atoms with Gasteiger partial charge >= 0.3 is 0 Å². The third-order valence-electron chi connectivity index (χ3n) is 6.59. The van der Waals surface area contributed by atoms with Crippen LogP contribution in [0.15, 0.2) is 96.2 Å². The van der Waals surface area contributed by atoms with Crippen LogP contribution in [0.4, 0.5) is 15.8 Å². The van der Waals surface area contributed by atoms with Crippen molar-refractivity contribution in [2.75, 3.05) is 25.2 Å². The number of halogens is 1. The van der Waals surface area contributed by atoms with Crippen molar-refractivity contribution in [3.05, 3.63) is 108 Å². The zero-order valence-electron chi connectivity index (χ0n) is 22.5. The average Bonchev–Trinajstić information content (AvgIpc) is 3.51. The van der Waals surface area contributed by atoms with Crippen molar-refractivity contribution in [3.63, 3.8) is 0 Å². The number of hydrogen-bond acceptors (Lipinski definition) is 9. The second-order valence-corrected chi connectivity index (χ2v) is 11.0. The molecule has 5 rings (SSSR count). The van der Waals surface area contributed by atoms with E-state index in [0.717, 1.165) is 18.6 Å². The van der Waals surface area contributed by atoms with Crippen LogP contribution in [0.25, 0.3) is 0 Å². The van der Waals surface area contributed by atoms with E-state index in [1.807, 2.05) is 4.72 Å². The molecule has 2 heterocycles. The van der Waals surface area contributed by atoms with Gasteiger partial charge in [-0.2, -0.15) is 0 Å². The fourth-order valence-corrected chi connectivity index (χ4v) is 5.53. The molecule has 0 saturated carbocycles. The third-order valence-corrected chi connectivity index (χ3v) is 7.96. The van der Waals surface area contributed by atoms with Gasteiger partial charge in [0.15, 0.2) is 17.7 Å². The summed E-state index contributed by atoms with van der Waals surface area (Å²) in [4.78, 5) is 17.9. The van der Waals surface area contributed by atoms with Crippen molar-refractivity contribution in [3.8, 4) is 11.5 Å². The Kier molecular flexibility index (Phi) is 8.67. The summed E-state index contributed by atoms with van der Waals surface area (Å²) in [6.07, 6.45) is 2.50. The smallest absolute Gasteiger partial charge is 0.267 e. The van der Waals surface area contributed by atoms with E-state index < -0.39 is 32.9 Å². The molecule has 12 heteroatoms. The standard InChI is InChI=1S/C30H28FN3O7S/c1-39-26-13-12-23(17-27(26)41-24-14-16-40-19-24)34(30(36)21-5-4-15-32-18-21)22-10-8-20(9-11-22)29(35)33-42(37,38)28-7-3-2-6-25(28)31/h2-13,15,17-18,24,30,36H,14,16,19H2,1H3,(H,33,35)/t24-,30?/m1/s1. The molecular weight excluding hydrogens is 565 g/mol. The summed E-state index contributed by atoms with van der Waals surface area (Å²) in [5, 5.41) is 11.5. The van der Waals surface area contributed by atoms with Gasteiger partial charge in [-0.25, -0.2) is 17.5 Å². The number of ether oxygens (including phenoxy) is 3. The van der Waals surface area contributed by atoms with Gasteiger partial charge in [0, 0.05) is 47.4 Å². The first kappa shape index (κ1) is 29.0. The van der Waals surface area contributed by atoms with Crippen molar-refractivity contribution in [2.24, 2.45) is 0 Å². The summed E-state index contributed by atoms with van der Waals surface area (Å²) in [7, 11) is -2.91. The molecule has 42 heavy (non-hydrogen) atoms. The monoisotopic (exact) mass is 593 g/mol. The molecule has 10 nitrogen and oxygen atoms in total. The van der Waals surface area contributed by atoms with Gasteiger partial charge < -0.3 is 24.2 Å². The lowest BCUT2D eigenvalue weighted by Gasteiger charge is -2.31. The first-order valence-electron chi connectivity index (χ1n) is 13.0. The lowest BCUT2D eigenvalue weighted by molar-refractivity contribution is 0.0981. The third kappa shape index (κ3) is 6.35. The minimum atomic E-state index is -4.45. The number of anilines is 2. The Balaban J connectivity index is 1.46. The Hall–Kier alpha value is -4.52. The lowest BCUT2D eigenvalue weighted by Crippen LogP contribution is -2.31. The fourth-order valence-electron chi connectivity index (χ4n) is 4.47. The summed E-state index contributed by atoms with van der Waals surface area (Å²) in [5.41, 5.74) is 1.52. The summed E-state index contributed by atoms with van der Waals surface area (Å²) >= 11 is 0. The number of amides is 1. The molecule has 0 spiro atoms. The largest absolute Gasteiger partial charge is 0.493 e. The summed E-state index contributed by atoms with van der Waals surface area (Å²) in [5.74, 6) is -0.952. The van der Waals surface area contributed by atoms with Gasteiger partial charge in [-0.1, -0.05) is 18.2 Å². The second-order valence-electron chi connectivity index (χ2n) is 9.38. The van der Waals surface area contributed by atoms with E-state index in [1.165, 1.54) is 37.6 Å². The maximum absolute atomic E-state index is 14.1. The van der Waals surface area contributed by atoms with Crippen molar-refractivity contribution in [1.82, 2.24) is 9.71 Å². The molecule has 3 aromatic carbocycles. The minimum absolute atomic E-state index is 0.00877. The Bertz CT molecular complexity index is 1650. The molecular formula is C30H28FN3O7S. The molecule has 2 atom stereocenters. The molecule has 1 amide bonds. The van der Waals surface area contributed by atoms with Crippen LogP contribution in [0.3, 0.4) is 0 Å². The number of pyridine rings is 1. The van der Waals surface area contributed by atoms with Gasteiger partial charge in [0.05, 0.1) is 20.3 Å². The number of rotatable bonds is 10. The maximum atomic E-state index is 14.1. The molecule has 0 bridgehead atoms. The van der Waals surface area contributed by atoms with E-state index in [1.54, 1.807) is 53.6 Å². The Morgan fingerprint density at radius 1 is 1.07 bits per heavy atom. The molecule has 0 aliphatic carbocycles. The van der Waals surface area contributed by atoms with E-state index in [2.05, 4.69) is 4.98 Å². The molecule has 1 unspecified atom stereocenters. The van der Waals surface area contributed by atoms with Gasteiger partial charge in [-0.05, 0) is 54.6 Å². The number of hydrogen-bond donors (Lipinski definition) is 2. The summed E-state index contributed by atoms with van der Waals surface area (Å²) in [6.45, 7) is 1.05. The number of methoxy groups -OCH3 is 1. The van der Waals surface area contributed by atoms with Gasteiger partial charge in [0.2, 0.25) is 0 Å². The molecule has 218 valence electrons.